The van der Waals surface area contributed by atoms with Gasteiger partial charge in [0.1, 0.15) is 5.75 Å². The molecule has 1 aromatic heterocycles. The summed E-state index contributed by atoms with van der Waals surface area (Å²) in [5.74, 6) is 0.376. The van der Waals surface area contributed by atoms with Crippen molar-refractivity contribution in [2.24, 2.45) is 0 Å². The lowest BCUT2D eigenvalue weighted by atomic mass is 10.3. The Morgan fingerprint density at radius 1 is 1.28 bits per heavy atom. The molecule has 90 valence electrons. The van der Waals surface area contributed by atoms with E-state index in [9.17, 15) is 14.9 Å². The Morgan fingerprint density at radius 3 is 2.78 bits per heavy atom. The van der Waals surface area contributed by atoms with E-state index in [1.165, 1.54) is 30.6 Å². The summed E-state index contributed by atoms with van der Waals surface area (Å²) < 4.78 is 5.35. The third kappa shape index (κ3) is 2.49. The number of hydrogen-bond acceptors (Lipinski definition) is 5. The number of benzene rings is 1. The van der Waals surface area contributed by atoms with Crippen molar-refractivity contribution in [1.29, 1.82) is 0 Å². The van der Waals surface area contributed by atoms with Crippen LogP contribution in [-0.2, 0) is 0 Å². The molecule has 0 bridgehead atoms. The fraction of sp³-hybridized carbons (Fsp3) is 0. The van der Waals surface area contributed by atoms with Gasteiger partial charge in [-0.3, -0.25) is 19.9 Å². The zero-order valence-corrected chi connectivity index (χ0v) is 9.15. The van der Waals surface area contributed by atoms with Gasteiger partial charge in [0.15, 0.2) is 6.29 Å². The molecule has 18 heavy (non-hydrogen) atoms. The first-order chi connectivity index (χ1) is 8.70. The first-order valence-electron chi connectivity index (χ1n) is 5.02. The predicted octanol–water partition coefficient (Wildman–Crippen LogP) is 2.59. The zero-order chi connectivity index (χ0) is 13.0. The number of rotatable bonds is 4. The number of nitro benzene ring substituents is 1. The fourth-order valence-electron chi connectivity index (χ4n) is 1.38. The Morgan fingerprint density at radius 2 is 2.06 bits per heavy atom. The second-order valence-electron chi connectivity index (χ2n) is 3.40. The maximum Gasteiger partial charge on any atom is 0.311 e. The lowest BCUT2D eigenvalue weighted by molar-refractivity contribution is -0.385. The zero-order valence-electron chi connectivity index (χ0n) is 9.15. The summed E-state index contributed by atoms with van der Waals surface area (Å²) in [7, 11) is 0. The van der Waals surface area contributed by atoms with Crippen molar-refractivity contribution in [2.45, 2.75) is 0 Å². The summed E-state index contributed by atoms with van der Waals surface area (Å²) in [6.07, 6.45) is 3.38. The molecule has 0 aliphatic heterocycles. The van der Waals surface area contributed by atoms with E-state index in [1.807, 2.05) is 0 Å². The Balaban J connectivity index is 2.33. The van der Waals surface area contributed by atoms with Crippen LogP contribution in [-0.4, -0.2) is 16.2 Å². The molecule has 0 fully saturated rings. The predicted molar refractivity (Wildman–Crippen MR) is 62.8 cm³/mol. The molecule has 1 heterocycles. The second-order valence-corrected chi connectivity index (χ2v) is 3.40. The molecule has 6 nitrogen and oxygen atoms in total. The maximum absolute atomic E-state index is 10.8. The summed E-state index contributed by atoms with van der Waals surface area (Å²) in [4.78, 5) is 24.6. The molecule has 0 spiro atoms. The van der Waals surface area contributed by atoms with Crippen LogP contribution < -0.4 is 4.74 Å². The van der Waals surface area contributed by atoms with Crippen molar-refractivity contribution < 1.29 is 14.5 Å². The molecule has 6 heteroatoms. The molecule has 0 amide bonds. The van der Waals surface area contributed by atoms with E-state index in [2.05, 4.69) is 4.98 Å². The Labute approximate surface area is 102 Å². The van der Waals surface area contributed by atoms with Gasteiger partial charge < -0.3 is 4.74 Å². The summed E-state index contributed by atoms with van der Waals surface area (Å²) in [6, 6.07) is 7.44. The van der Waals surface area contributed by atoms with Gasteiger partial charge in [-0.1, -0.05) is 12.1 Å². The quantitative estimate of drug-likeness (QED) is 0.469. The van der Waals surface area contributed by atoms with E-state index < -0.39 is 4.92 Å². The summed E-state index contributed by atoms with van der Waals surface area (Å²) >= 11 is 0. The number of pyridine rings is 1. The van der Waals surface area contributed by atoms with Crippen molar-refractivity contribution in [2.75, 3.05) is 0 Å². The van der Waals surface area contributed by atoms with E-state index in [4.69, 9.17) is 4.74 Å². The van der Waals surface area contributed by atoms with Crippen LogP contribution in [0.15, 0.2) is 42.7 Å². The van der Waals surface area contributed by atoms with Crippen LogP contribution in [0.5, 0.6) is 11.5 Å². The highest BCUT2D eigenvalue weighted by atomic mass is 16.6. The molecule has 0 radical (unpaired) electrons. The molecular formula is C12H8N2O4. The lowest BCUT2D eigenvalue weighted by Gasteiger charge is -2.05. The first-order valence-corrected chi connectivity index (χ1v) is 5.02. The largest absolute Gasteiger partial charge is 0.448 e. The minimum Gasteiger partial charge on any atom is -0.448 e. The van der Waals surface area contributed by atoms with Gasteiger partial charge in [-0.25, -0.2) is 0 Å². The van der Waals surface area contributed by atoms with Gasteiger partial charge >= 0.3 is 5.69 Å². The van der Waals surface area contributed by atoms with E-state index in [0.717, 1.165) is 0 Å². The van der Waals surface area contributed by atoms with Crippen LogP contribution >= 0.6 is 0 Å². The second kappa shape index (κ2) is 5.05. The molecular weight excluding hydrogens is 236 g/mol. The van der Waals surface area contributed by atoms with Crippen LogP contribution in [0, 0.1) is 10.1 Å². The number of ether oxygens (including phenoxy) is 1. The average Bonchev–Trinajstić information content (AvgIpc) is 2.39. The first kappa shape index (κ1) is 11.7. The number of nitrogens with zero attached hydrogens (tertiary/aromatic N) is 2. The standard InChI is InChI=1S/C12H8N2O4/c15-8-9-5-10(7-13-6-9)18-12-4-2-1-3-11(12)14(16)17/h1-8H. The fourth-order valence-corrected chi connectivity index (χ4v) is 1.38. The van der Waals surface area contributed by atoms with Gasteiger partial charge in [0.25, 0.3) is 0 Å². The number of aldehydes is 1. The number of nitro groups is 1. The maximum atomic E-state index is 10.8. The molecule has 0 saturated carbocycles. The van der Waals surface area contributed by atoms with Crippen molar-refractivity contribution in [3.8, 4) is 11.5 Å². The molecule has 2 rings (SSSR count). The summed E-state index contributed by atoms with van der Waals surface area (Å²) in [5.41, 5.74) is 0.195. The van der Waals surface area contributed by atoms with Gasteiger partial charge in [-0.15, -0.1) is 0 Å². The third-order valence-electron chi connectivity index (χ3n) is 2.16. The number of aromatic nitrogens is 1. The highest BCUT2D eigenvalue weighted by molar-refractivity contribution is 5.74. The van der Waals surface area contributed by atoms with Crippen LogP contribution in [0.1, 0.15) is 10.4 Å². The molecule has 0 aliphatic carbocycles. The van der Waals surface area contributed by atoms with Crippen molar-refractivity contribution in [1.82, 2.24) is 4.98 Å². The number of hydrogen-bond donors (Lipinski definition) is 0. The van der Waals surface area contributed by atoms with E-state index >= 15 is 0 Å². The van der Waals surface area contributed by atoms with Crippen LogP contribution in [0.2, 0.25) is 0 Å². The molecule has 0 unspecified atom stereocenters. The molecule has 0 saturated heterocycles. The molecule has 0 N–H and O–H groups in total. The van der Waals surface area contributed by atoms with Crippen molar-refractivity contribution in [3.63, 3.8) is 0 Å². The topological polar surface area (TPSA) is 82.3 Å². The summed E-state index contributed by atoms with van der Waals surface area (Å²) in [6.45, 7) is 0. The Bertz CT molecular complexity index is 598. The summed E-state index contributed by atoms with van der Waals surface area (Å²) in [5, 5.41) is 10.8. The van der Waals surface area contributed by atoms with Gasteiger partial charge in [0, 0.05) is 17.8 Å². The van der Waals surface area contributed by atoms with Gasteiger partial charge in [0.05, 0.1) is 11.1 Å². The van der Waals surface area contributed by atoms with E-state index in [-0.39, 0.29) is 17.2 Å². The SMILES string of the molecule is O=Cc1cncc(Oc2ccccc2[N+](=O)[O-])c1. The van der Waals surface area contributed by atoms with E-state index in [0.29, 0.717) is 11.8 Å². The van der Waals surface area contributed by atoms with Crippen molar-refractivity contribution in [3.05, 3.63) is 58.4 Å². The Hall–Kier alpha value is -2.76. The minimum atomic E-state index is -0.535. The van der Waals surface area contributed by atoms with Gasteiger partial charge in [0.2, 0.25) is 5.75 Å². The van der Waals surface area contributed by atoms with Gasteiger partial charge in [-0.2, -0.15) is 0 Å². The number of carbonyl (C=O) groups is 1. The van der Waals surface area contributed by atoms with Crippen LogP contribution in [0.25, 0.3) is 0 Å². The molecule has 0 aliphatic rings. The smallest absolute Gasteiger partial charge is 0.311 e. The normalized spacial score (nSPS) is 9.78. The average molecular weight is 244 g/mol. The van der Waals surface area contributed by atoms with Crippen LogP contribution in [0.4, 0.5) is 5.69 Å². The lowest BCUT2D eigenvalue weighted by Crippen LogP contribution is -1.94. The number of carbonyl (C=O) groups excluding carboxylic acids is 1. The number of para-hydroxylation sites is 2. The monoisotopic (exact) mass is 244 g/mol. The van der Waals surface area contributed by atoms with Crippen molar-refractivity contribution >= 4 is 12.0 Å². The third-order valence-corrected chi connectivity index (χ3v) is 2.16. The Kier molecular flexibility index (Phi) is 3.29. The van der Waals surface area contributed by atoms with E-state index in [1.54, 1.807) is 12.1 Å². The molecule has 0 atom stereocenters. The highest BCUT2D eigenvalue weighted by Crippen LogP contribution is 2.30. The molecule has 1 aromatic carbocycles. The van der Waals surface area contributed by atoms with Gasteiger partial charge in [-0.05, 0) is 12.1 Å². The highest BCUT2D eigenvalue weighted by Gasteiger charge is 2.14. The minimum absolute atomic E-state index is 0.104. The molecule has 2 aromatic rings. The van der Waals surface area contributed by atoms with Crippen LogP contribution in [0.3, 0.4) is 0 Å².